The molecule has 1 N–H and O–H groups in total. The Morgan fingerprint density at radius 3 is 2.81 bits per heavy atom. The van der Waals surface area contributed by atoms with E-state index < -0.39 is 11.0 Å². The first-order valence-corrected chi connectivity index (χ1v) is 9.94. The highest BCUT2D eigenvalue weighted by molar-refractivity contribution is 5.97. The van der Waals surface area contributed by atoms with Gasteiger partial charge in [0, 0.05) is 40.7 Å². The predicted octanol–water partition coefficient (Wildman–Crippen LogP) is 2.77. The van der Waals surface area contributed by atoms with E-state index in [0.717, 1.165) is 27.2 Å². The number of piperazine rings is 1. The van der Waals surface area contributed by atoms with Crippen molar-refractivity contribution in [2.45, 2.75) is 25.4 Å². The lowest BCUT2D eigenvalue weighted by Gasteiger charge is -2.44. The zero-order valence-electron chi connectivity index (χ0n) is 16.7. The second-order valence-corrected chi connectivity index (χ2v) is 7.75. The maximum atomic E-state index is 13.2. The molecule has 0 saturated carbocycles. The molecule has 2 atom stereocenters. The number of nitrogens with one attached hydrogen (secondary N) is 1. The number of rotatable bonds is 3. The average Bonchev–Trinajstić information content (AvgIpc) is 3.14. The molecule has 5 rings (SSSR count). The number of amides is 2. The minimum Gasteiger partial charge on any atom is -0.356 e. The molecule has 1 saturated heterocycles. The van der Waals surface area contributed by atoms with Crippen molar-refractivity contribution in [1.29, 1.82) is 0 Å². The Morgan fingerprint density at radius 1 is 1.19 bits per heavy atom. The molecule has 0 unspecified atom stereocenters. The highest BCUT2D eigenvalue weighted by atomic mass is 16.6. The molecule has 1 aromatic heterocycles. The molecule has 3 aromatic rings. The van der Waals surface area contributed by atoms with E-state index in [9.17, 15) is 19.7 Å². The Hall–Kier alpha value is -4.01. The third-order valence-corrected chi connectivity index (χ3v) is 5.95. The molecule has 0 radical (unpaired) electrons. The molecule has 9 nitrogen and oxygen atoms in total. The molecule has 2 aromatic carbocycles. The lowest BCUT2D eigenvalue weighted by atomic mass is 9.90. The van der Waals surface area contributed by atoms with Crippen LogP contribution in [0.2, 0.25) is 0 Å². The number of hydrogen-bond donors (Lipinski definition) is 1. The second kappa shape index (κ2) is 7.05. The van der Waals surface area contributed by atoms with Gasteiger partial charge in [0.05, 0.1) is 17.2 Å². The zero-order valence-corrected chi connectivity index (χ0v) is 16.7. The van der Waals surface area contributed by atoms with E-state index in [1.807, 2.05) is 31.2 Å². The van der Waals surface area contributed by atoms with Crippen LogP contribution in [0.5, 0.6) is 0 Å². The molecule has 2 amide bonds. The number of non-ortho nitro benzene ring substituents is 1. The van der Waals surface area contributed by atoms with Gasteiger partial charge in [0.2, 0.25) is 5.91 Å². The van der Waals surface area contributed by atoms with Crippen molar-refractivity contribution < 1.29 is 14.5 Å². The summed E-state index contributed by atoms with van der Waals surface area (Å²) >= 11 is 0. The molecule has 0 aliphatic carbocycles. The van der Waals surface area contributed by atoms with Crippen molar-refractivity contribution in [1.82, 2.24) is 14.9 Å². The van der Waals surface area contributed by atoms with Crippen LogP contribution in [-0.2, 0) is 16.0 Å². The van der Waals surface area contributed by atoms with Crippen molar-refractivity contribution in [2.24, 2.45) is 5.10 Å². The van der Waals surface area contributed by atoms with Crippen LogP contribution in [0.1, 0.15) is 29.8 Å². The Bertz CT molecular complexity index is 1260. The first-order chi connectivity index (χ1) is 14.9. The molecular weight excluding hydrogens is 398 g/mol. The van der Waals surface area contributed by atoms with E-state index in [4.69, 9.17) is 0 Å². The lowest BCUT2D eigenvalue weighted by Crippen LogP contribution is -2.61. The summed E-state index contributed by atoms with van der Waals surface area (Å²) in [6.45, 7) is 1.76. The number of para-hydroxylation sites is 1. The van der Waals surface area contributed by atoms with Gasteiger partial charge in [-0.2, -0.15) is 5.10 Å². The minimum absolute atomic E-state index is 0.0656. The first-order valence-electron chi connectivity index (χ1n) is 9.94. The van der Waals surface area contributed by atoms with Crippen LogP contribution in [-0.4, -0.2) is 50.4 Å². The molecule has 1 fully saturated rings. The SMILES string of the molecule is C[C@H]1c2[nH]c3ccccc3c2C[C@H]2C(=O)N(/N=C/c3cccc([N+](=O)[O-])c3)CC(=O)N21. The number of nitrogens with zero attached hydrogens (tertiary/aromatic N) is 4. The highest BCUT2D eigenvalue weighted by Gasteiger charge is 2.46. The Balaban J connectivity index is 1.46. The monoisotopic (exact) mass is 417 g/mol. The van der Waals surface area contributed by atoms with Crippen LogP contribution >= 0.6 is 0 Å². The number of fused-ring (bicyclic) bond motifs is 4. The number of aromatic amines is 1. The van der Waals surface area contributed by atoms with Gasteiger partial charge in [0.1, 0.15) is 12.6 Å². The molecule has 3 heterocycles. The van der Waals surface area contributed by atoms with Crippen LogP contribution < -0.4 is 0 Å². The quantitative estimate of drug-likeness (QED) is 0.401. The van der Waals surface area contributed by atoms with Gasteiger partial charge in [-0.1, -0.05) is 30.3 Å². The van der Waals surface area contributed by atoms with Crippen LogP contribution in [0.4, 0.5) is 5.69 Å². The van der Waals surface area contributed by atoms with Crippen LogP contribution in [0.3, 0.4) is 0 Å². The van der Waals surface area contributed by atoms with Gasteiger partial charge in [0.15, 0.2) is 0 Å². The number of carbonyl (C=O) groups is 2. The second-order valence-electron chi connectivity index (χ2n) is 7.75. The summed E-state index contributed by atoms with van der Waals surface area (Å²) in [7, 11) is 0. The summed E-state index contributed by atoms with van der Waals surface area (Å²) in [4.78, 5) is 41.7. The van der Waals surface area contributed by atoms with Gasteiger partial charge in [-0.05, 0) is 18.6 Å². The number of nitro benzene ring substituents is 1. The Labute approximate surface area is 177 Å². The summed E-state index contributed by atoms with van der Waals surface area (Å²) in [6, 6.07) is 13.0. The van der Waals surface area contributed by atoms with Crippen LogP contribution in [0.25, 0.3) is 10.9 Å². The molecule has 0 spiro atoms. The summed E-state index contributed by atoms with van der Waals surface area (Å²) in [6.07, 6.45) is 1.79. The van der Waals surface area contributed by atoms with E-state index >= 15 is 0 Å². The minimum atomic E-state index is -0.634. The van der Waals surface area contributed by atoms with Crippen LogP contribution in [0.15, 0.2) is 53.6 Å². The standard InChI is InChI=1S/C22H19N5O4/c1-13-21-17(16-7-2-3-8-18(16)24-21)10-19-22(29)25(12-20(28)26(13)19)23-11-14-5-4-6-15(9-14)27(30)31/h2-9,11,13,19,24H,10,12H2,1H3/b23-11+/t13-,19-/m0/s1. The fourth-order valence-electron chi connectivity index (χ4n) is 4.51. The molecular formula is C22H19N5O4. The Morgan fingerprint density at radius 2 is 2.00 bits per heavy atom. The zero-order chi connectivity index (χ0) is 21.7. The lowest BCUT2D eigenvalue weighted by molar-refractivity contribution is -0.384. The maximum Gasteiger partial charge on any atom is 0.270 e. The van der Waals surface area contributed by atoms with Gasteiger partial charge in [-0.15, -0.1) is 0 Å². The number of hydrogen-bond acceptors (Lipinski definition) is 5. The third kappa shape index (κ3) is 3.05. The van der Waals surface area contributed by atoms with Gasteiger partial charge >= 0.3 is 0 Å². The normalized spacial score (nSPS) is 20.9. The largest absolute Gasteiger partial charge is 0.356 e. The van der Waals surface area contributed by atoms with Crippen molar-refractivity contribution >= 4 is 34.6 Å². The predicted molar refractivity (Wildman–Crippen MR) is 113 cm³/mol. The summed E-state index contributed by atoms with van der Waals surface area (Å²) in [5.41, 5.74) is 3.42. The first kappa shape index (κ1) is 19.0. The Kier molecular flexibility index (Phi) is 4.32. The number of benzene rings is 2. The summed E-state index contributed by atoms with van der Waals surface area (Å²) < 4.78 is 0. The van der Waals surface area contributed by atoms with Crippen molar-refractivity contribution in [3.8, 4) is 0 Å². The number of carbonyl (C=O) groups excluding carboxylic acids is 2. The van der Waals surface area contributed by atoms with E-state index in [2.05, 4.69) is 10.1 Å². The molecule has 0 bridgehead atoms. The van der Waals surface area contributed by atoms with Gasteiger partial charge in [-0.3, -0.25) is 19.7 Å². The van der Waals surface area contributed by atoms with Gasteiger partial charge < -0.3 is 9.88 Å². The van der Waals surface area contributed by atoms with Crippen molar-refractivity contribution in [2.75, 3.05) is 6.54 Å². The highest BCUT2D eigenvalue weighted by Crippen LogP contribution is 2.38. The fraction of sp³-hybridized carbons (Fsp3) is 0.227. The van der Waals surface area contributed by atoms with E-state index in [-0.39, 0.29) is 30.1 Å². The fourth-order valence-corrected chi connectivity index (χ4v) is 4.51. The molecule has 156 valence electrons. The number of aromatic nitrogens is 1. The number of nitro groups is 1. The average molecular weight is 417 g/mol. The molecule has 2 aliphatic rings. The van der Waals surface area contributed by atoms with Gasteiger partial charge in [-0.25, -0.2) is 5.01 Å². The van der Waals surface area contributed by atoms with Crippen LogP contribution in [0, 0.1) is 10.1 Å². The number of H-pyrrole nitrogens is 1. The molecule has 31 heavy (non-hydrogen) atoms. The van der Waals surface area contributed by atoms with E-state index in [0.29, 0.717) is 12.0 Å². The smallest absolute Gasteiger partial charge is 0.270 e. The van der Waals surface area contributed by atoms with Crippen molar-refractivity contribution in [3.05, 3.63) is 75.5 Å². The number of hydrazone groups is 1. The van der Waals surface area contributed by atoms with Crippen molar-refractivity contribution in [3.63, 3.8) is 0 Å². The maximum absolute atomic E-state index is 13.2. The molecule has 2 aliphatic heterocycles. The van der Waals surface area contributed by atoms with Gasteiger partial charge in [0.25, 0.3) is 11.6 Å². The van der Waals surface area contributed by atoms with E-state index in [1.54, 1.807) is 17.0 Å². The molecule has 9 heteroatoms. The van der Waals surface area contributed by atoms with E-state index in [1.165, 1.54) is 18.3 Å². The third-order valence-electron chi connectivity index (χ3n) is 5.95. The topological polar surface area (TPSA) is 112 Å². The summed E-state index contributed by atoms with van der Waals surface area (Å²) in [5.74, 6) is -0.443. The summed E-state index contributed by atoms with van der Waals surface area (Å²) in [5, 5.41) is 17.4.